The van der Waals surface area contributed by atoms with Gasteiger partial charge in [0.05, 0.1) is 5.41 Å². The number of benzene rings is 7. The van der Waals surface area contributed by atoms with Crippen molar-refractivity contribution >= 4 is 10.8 Å². The largest absolute Gasteiger partial charge is 0.489 e. The SMILES string of the molecule is C1=C\COc2c(cccc2-c2ccc3c(c2)-c2ccccc2C32c3ccccc3-c3c2cc2c4c(cccc34)-c3ccccc3-2)C\C=C/1.C=C. The molecule has 3 aliphatic carbocycles. The highest BCUT2D eigenvalue weighted by molar-refractivity contribution is 6.21. The average Bonchev–Trinajstić information content (AvgIpc) is 3.81. The quantitative estimate of drug-likeness (QED) is 0.163. The summed E-state index contributed by atoms with van der Waals surface area (Å²) in [6.45, 7) is 6.56. The zero-order valence-corrected chi connectivity index (χ0v) is 27.7. The number of allylic oxidation sites excluding steroid dienone is 3. The van der Waals surface area contributed by atoms with Crippen LogP contribution in [0.2, 0.25) is 0 Å². The fraction of sp³-hybridized carbons (Fsp3) is 0.0612. The van der Waals surface area contributed by atoms with Gasteiger partial charge in [0.15, 0.2) is 0 Å². The first-order chi connectivity index (χ1) is 24.8. The van der Waals surface area contributed by atoms with Crippen molar-refractivity contribution in [1.82, 2.24) is 0 Å². The molecule has 0 N–H and O–H groups in total. The van der Waals surface area contributed by atoms with Crippen LogP contribution in [0.5, 0.6) is 5.75 Å². The van der Waals surface area contributed by atoms with E-state index in [1.807, 2.05) is 0 Å². The molecule has 0 amide bonds. The summed E-state index contributed by atoms with van der Waals surface area (Å²) in [5.74, 6) is 0.982. The third kappa shape index (κ3) is 3.67. The maximum absolute atomic E-state index is 6.44. The highest BCUT2D eigenvalue weighted by Gasteiger charge is 2.52. The fourth-order valence-electron chi connectivity index (χ4n) is 9.35. The summed E-state index contributed by atoms with van der Waals surface area (Å²) in [4.78, 5) is 0. The minimum Gasteiger partial charge on any atom is -0.489 e. The summed E-state index contributed by atoms with van der Waals surface area (Å²) >= 11 is 0. The molecular weight excluding hydrogens is 605 g/mol. The van der Waals surface area contributed by atoms with Crippen molar-refractivity contribution in [2.45, 2.75) is 11.8 Å². The Morgan fingerprint density at radius 1 is 0.480 bits per heavy atom. The number of rotatable bonds is 1. The minimum absolute atomic E-state index is 0.413. The van der Waals surface area contributed by atoms with Crippen LogP contribution in [-0.2, 0) is 11.8 Å². The van der Waals surface area contributed by atoms with Crippen molar-refractivity contribution in [3.63, 3.8) is 0 Å². The molecule has 50 heavy (non-hydrogen) atoms. The smallest absolute Gasteiger partial charge is 0.131 e. The molecule has 0 saturated carbocycles. The molecule has 236 valence electrons. The molecule has 1 nitrogen and oxygen atoms in total. The monoisotopic (exact) mass is 638 g/mol. The van der Waals surface area contributed by atoms with Crippen molar-refractivity contribution in [2.24, 2.45) is 0 Å². The first-order valence-corrected chi connectivity index (χ1v) is 17.4. The van der Waals surface area contributed by atoms with E-state index in [1.54, 1.807) is 0 Å². The first kappa shape index (κ1) is 28.8. The molecule has 1 heterocycles. The summed E-state index contributed by atoms with van der Waals surface area (Å²) in [6, 6.07) is 50.4. The Bertz CT molecular complexity index is 2620. The van der Waals surface area contributed by atoms with E-state index in [9.17, 15) is 0 Å². The summed E-state index contributed by atoms with van der Waals surface area (Å²) in [5.41, 5.74) is 19.3. The molecule has 1 heteroatoms. The van der Waals surface area contributed by atoms with Crippen LogP contribution < -0.4 is 4.74 Å². The summed E-state index contributed by atoms with van der Waals surface area (Å²) in [5, 5.41) is 2.73. The third-order valence-corrected chi connectivity index (χ3v) is 11.2. The van der Waals surface area contributed by atoms with Gasteiger partial charge >= 0.3 is 0 Å². The lowest BCUT2D eigenvalue weighted by Crippen LogP contribution is -2.25. The Morgan fingerprint density at radius 2 is 1.12 bits per heavy atom. The van der Waals surface area contributed by atoms with Gasteiger partial charge < -0.3 is 4.74 Å². The molecule has 7 aromatic carbocycles. The van der Waals surface area contributed by atoms with Crippen molar-refractivity contribution in [2.75, 3.05) is 6.61 Å². The fourth-order valence-corrected chi connectivity index (χ4v) is 9.35. The number of fused-ring (bicyclic) bond motifs is 15. The van der Waals surface area contributed by atoms with E-state index >= 15 is 0 Å². The Morgan fingerprint density at radius 3 is 1.96 bits per heavy atom. The van der Waals surface area contributed by atoms with Gasteiger partial charge in [0.25, 0.3) is 0 Å². The minimum atomic E-state index is -0.413. The van der Waals surface area contributed by atoms with Gasteiger partial charge in [-0.2, -0.15) is 0 Å². The third-order valence-electron chi connectivity index (χ3n) is 11.2. The van der Waals surface area contributed by atoms with Crippen LogP contribution >= 0.6 is 0 Å². The van der Waals surface area contributed by atoms with Gasteiger partial charge in [-0.25, -0.2) is 0 Å². The van der Waals surface area contributed by atoms with Gasteiger partial charge in [-0.1, -0.05) is 140 Å². The van der Waals surface area contributed by atoms with Crippen LogP contribution in [0.3, 0.4) is 0 Å². The second kappa shape index (κ2) is 10.9. The van der Waals surface area contributed by atoms with E-state index in [1.165, 1.54) is 88.7 Å². The molecule has 7 aromatic rings. The van der Waals surface area contributed by atoms with E-state index < -0.39 is 5.41 Å². The predicted octanol–water partition coefficient (Wildman–Crippen LogP) is 12.3. The molecular formula is C49H34O. The topological polar surface area (TPSA) is 9.23 Å². The zero-order chi connectivity index (χ0) is 33.4. The van der Waals surface area contributed by atoms with Crippen LogP contribution in [0.15, 0.2) is 171 Å². The van der Waals surface area contributed by atoms with Crippen molar-refractivity contribution in [3.8, 4) is 61.4 Å². The Labute approximate surface area is 293 Å². The van der Waals surface area contributed by atoms with E-state index in [4.69, 9.17) is 4.74 Å². The first-order valence-electron chi connectivity index (χ1n) is 17.4. The predicted molar refractivity (Wildman–Crippen MR) is 209 cm³/mol. The van der Waals surface area contributed by atoms with E-state index in [0.29, 0.717) is 6.61 Å². The summed E-state index contributed by atoms with van der Waals surface area (Å²) in [6.07, 6.45) is 9.32. The second-order valence-electron chi connectivity index (χ2n) is 13.4. The molecule has 1 atom stereocenters. The van der Waals surface area contributed by atoms with Crippen molar-refractivity contribution in [1.29, 1.82) is 0 Å². The zero-order valence-electron chi connectivity index (χ0n) is 27.7. The molecule has 1 unspecified atom stereocenters. The van der Waals surface area contributed by atoms with E-state index in [2.05, 4.69) is 171 Å². The van der Waals surface area contributed by atoms with Gasteiger partial charge in [0, 0.05) is 5.56 Å². The van der Waals surface area contributed by atoms with Gasteiger partial charge in [-0.3, -0.25) is 0 Å². The van der Waals surface area contributed by atoms with Crippen molar-refractivity contribution < 1.29 is 4.74 Å². The standard InChI is InChI=1S/C47H30O.C2H4/c1-2-10-26-48-46-29(13-3-1)14-11-19-31(46)30-24-25-42-38(27-30)34-17-6-8-22-40(34)47(42)41-23-9-7-18-36(41)45-37-21-12-20-35-32-15-4-5-16-33(32)39(44(35)37)28-43(45)47;1-2/h1-12,14-25,27-28H,13,26H2;1-2H2/b3-1-,10-2-;. The van der Waals surface area contributed by atoms with Gasteiger partial charge in [-0.15, -0.1) is 13.2 Å². The van der Waals surface area contributed by atoms with Crippen LogP contribution in [0.4, 0.5) is 0 Å². The molecule has 4 aliphatic rings. The van der Waals surface area contributed by atoms with Crippen LogP contribution in [0.25, 0.3) is 66.4 Å². The van der Waals surface area contributed by atoms with E-state index in [-0.39, 0.29) is 0 Å². The molecule has 0 radical (unpaired) electrons. The number of hydrogen-bond acceptors (Lipinski definition) is 1. The average molecular weight is 639 g/mol. The molecule has 0 bridgehead atoms. The maximum atomic E-state index is 6.44. The number of hydrogen-bond donors (Lipinski definition) is 0. The normalized spacial score (nSPS) is 17.8. The molecule has 1 aliphatic heterocycles. The molecule has 11 rings (SSSR count). The summed E-state index contributed by atoms with van der Waals surface area (Å²) in [7, 11) is 0. The lowest BCUT2D eigenvalue weighted by atomic mass is 9.70. The molecule has 1 spiro atoms. The Kier molecular flexibility index (Phi) is 6.29. The highest BCUT2D eigenvalue weighted by atomic mass is 16.5. The lowest BCUT2D eigenvalue weighted by Gasteiger charge is -2.31. The lowest BCUT2D eigenvalue weighted by molar-refractivity contribution is 0.361. The second-order valence-corrected chi connectivity index (χ2v) is 13.4. The number of ether oxygens (including phenoxy) is 1. The highest BCUT2D eigenvalue weighted by Crippen LogP contribution is 2.66. The van der Waals surface area contributed by atoms with E-state index in [0.717, 1.165) is 17.7 Å². The molecule has 0 saturated heterocycles. The Balaban J connectivity index is 0.00000156. The van der Waals surface area contributed by atoms with Gasteiger partial charge in [0.1, 0.15) is 12.4 Å². The Hall–Kier alpha value is -6.18. The van der Waals surface area contributed by atoms with Gasteiger partial charge in [-0.05, 0) is 113 Å². The maximum Gasteiger partial charge on any atom is 0.131 e. The van der Waals surface area contributed by atoms with Crippen LogP contribution in [0.1, 0.15) is 27.8 Å². The van der Waals surface area contributed by atoms with Crippen molar-refractivity contribution in [3.05, 3.63) is 199 Å². The molecule has 0 aromatic heterocycles. The number of para-hydroxylation sites is 1. The summed E-state index contributed by atoms with van der Waals surface area (Å²) < 4.78 is 6.44. The molecule has 0 fully saturated rings. The van der Waals surface area contributed by atoms with Gasteiger partial charge in [0.2, 0.25) is 0 Å². The van der Waals surface area contributed by atoms with Crippen LogP contribution in [-0.4, -0.2) is 6.61 Å². The van der Waals surface area contributed by atoms with Crippen LogP contribution in [0, 0.1) is 0 Å².